The van der Waals surface area contributed by atoms with Crippen LogP contribution in [-0.2, 0) is 9.59 Å². The van der Waals surface area contributed by atoms with Crippen molar-refractivity contribution in [3.63, 3.8) is 0 Å². The van der Waals surface area contributed by atoms with Crippen molar-refractivity contribution in [3.8, 4) is 5.75 Å². The van der Waals surface area contributed by atoms with Gasteiger partial charge < -0.3 is 25.2 Å². The summed E-state index contributed by atoms with van der Waals surface area (Å²) in [4.78, 5) is 27.6. The second kappa shape index (κ2) is 12.7. The van der Waals surface area contributed by atoms with Crippen LogP contribution in [0.5, 0.6) is 5.75 Å². The molecule has 0 radical (unpaired) electrons. The van der Waals surface area contributed by atoms with Gasteiger partial charge in [0, 0.05) is 31.5 Å². The topological polar surface area (TPSA) is 99.1 Å². The smallest absolute Gasteiger partial charge is 0.247 e. The van der Waals surface area contributed by atoms with Gasteiger partial charge in [-0.2, -0.15) is 0 Å². The minimum absolute atomic E-state index is 0.0188. The summed E-state index contributed by atoms with van der Waals surface area (Å²) >= 11 is 2.17. The zero-order valence-corrected chi connectivity index (χ0v) is 21.4. The summed E-state index contributed by atoms with van der Waals surface area (Å²) in [6.45, 7) is 2.41. The Morgan fingerprint density at radius 3 is 2.61 bits per heavy atom. The van der Waals surface area contributed by atoms with E-state index in [-0.39, 0.29) is 31.4 Å². The van der Waals surface area contributed by atoms with E-state index in [1.54, 1.807) is 11.0 Å². The van der Waals surface area contributed by atoms with Gasteiger partial charge in [0.15, 0.2) is 0 Å². The minimum Gasteiger partial charge on any atom is -0.482 e. The zero-order valence-electron chi connectivity index (χ0n) is 19.2. The van der Waals surface area contributed by atoms with Crippen molar-refractivity contribution < 1.29 is 24.5 Å². The number of ether oxygens (including phenoxy) is 1. The summed E-state index contributed by atoms with van der Waals surface area (Å²) < 4.78 is 7.06. The SMILES string of the molecule is CCC(=O)N(CC1CCCCC1)[C@@H]1CC(C(=O)NCCO)=C[C@H](Oc2ccccc2I)[C@H]1O. The normalized spacial score (nSPS) is 23.5. The highest BCUT2D eigenvalue weighted by atomic mass is 127. The van der Waals surface area contributed by atoms with Crippen LogP contribution >= 0.6 is 22.6 Å². The van der Waals surface area contributed by atoms with Gasteiger partial charge in [-0.25, -0.2) is 0 Å². The average Bonchev–Trinajstić information content (AvgIpc) is 2.84. The number of amides is 2. The van der Waals surface area contributed by atoms with Crippen LogP contribution in [0.15, 0.2) is 35.9 Å². The Bertz CT molecular complexity index is 840. The maximum atomic E-state index is 13.0. The van der Waals surface area contributed by atoms with Crippen LogP contribution in [0, 0.1) is 9.49 Å². The largest absolute Gasteiger partial charge is 0.482 e. The summed E-state index contributed by atoms with van der Waals surface area (Å²) in [6.07, 6.45) is 6.24. The monoisotopic (exact) mass is 570 g/mol. The van der Waals surface area contributed by atoms with E-state index in [0.29, 0.717) is 30.2 Å². The van der Waals surface area contributed by atoms with E-state index < -0.39 is 18.2 Å². The summed E-state index contributed by atoms with van der Waals surface area (Å²) in [6, 6.07) is 6.96. The molecule has 0 saturated heterocycles. The van der Waals surface area contributed by atoms with Crippen molar-refractivity contribution >= 4 is 34.4 Å². The van der Waals surface area contributed by atoms with E-state index in [0.717, 1.165) is 16.4 Å². The van der Waals surface area contributed by atoms with Gasteiger partial charge in [-0.3, -0.25) is 9.59 Å². The van der Waals surface area contributed by atoms with E-state index in [1.807, 2.05) is 31.2 Å². The first-order valence-electron chi connectivity index (χ1n) is 11.9. The van der Waals surface area contributed by atoms with Crippen molar-refractivity contribution in [1.82, 2.24) is 10.2 Å². The molecule has 2 amide bonds. The molecule has 182 valence electrons. The fourth-order valence-corrected chi connectivity index (χ4v) is 5.25. The molecule has 33 heavy (non-hydrogen) atoms. The van der Waals surface area contributed by atoms with Gasteiger partial charge in [0.25, 0.3) is 0 Å². The lowest BCUT2D eigenvalue weighted by molar-refractivity contribution is -0.139. The van der Waals surface area contributed by atoms with Crippen LogP contribution in [0.25, 0.3) is 0 Å². The summed E-state index contributed by atoms with van der Waals surface area (Å²) in [5.74, 6) is 0.705. The van der Waals surface area contributed by atoms with E-state index in [2.05, 4.69) is 27.9 Å². The van der Waals surface area contributed by atoms with Gasteiger partial charge in [0.2, 0.25) is 11.8 Å². The fraction of sp³-hybridized carbons (Fsp3) is 0.600. The maximum absolute atomic E-state index is 13.0. The molecule has 2 aliphatic rings. The van der Waals surface area contributed by atoms with E-state index in [4.69, 9.17) is 9.84 Å². The highest BCUT2D eigenvalue weighted by molar-refractivity contribution is 14.1. The van der Waals surface area contributed by atoms with E-state index >= 15 is 0 Å². The average molecular weight is 570 g/mol. The molecule has 3 N–H and O–H groups in total. The van der Waals surface area contributed by atoms with Gasteiger partial charge in [-0.15, -0.1) is 0 Å². The number of aliphatic hydroxyl groups excluding tert-OH is 2. The van der Waals surface area contributed by atoms with Crippen molar-refractivity contribution in [2.24, 2.45) is 5.92 Å². The third-order valence-corrected chi connectivity index (χ3v) is 7.41. The van der Waals surface area contributed by atoms with Crippen molar-refractivity contribution in [2.45, 2.75) is 70.1 Å². The van der Waals surface area contributed by atoms with Crippen LogP contribution in [0.1, 0.15) is 51.9 Å². The number of halogens is 1. The van der Waals surface area contributed by atoms with Crippen molar-refractivity contribution in [1.29, 1.82) is 0 Å². The molecule has 1 fully saturated rings. The molecule has 0 heterocycles. The quantitative estimate of drug-likeness (QED) is 0.397. The molecule has 0 aliphatic heterocycles. The van der Waals surface area contributed by atoms with Crippen LogP contribution in [0.4, 0.5) is 0 Å². The predicted octanol–water partition coefficient (Wildman–Crippen LogP) is 3.03. The lowest BCUT2D eigenvalue weighted by atomic mass is 9.85. The Balaban J connectivity index is 1.89. The molecule has 2 aliphatic carbocycles. The highest BCUT2D eigenvalue weighted by Crippen LogP contribution is 2.32. The Kier molecular flexibility index (Phi) is 10.0. The second-order valence-electron chi connectivity index (χ2n) is 8.85. The fourth-order valence-electron chi connectivity index (χ4n) is 4.74. The first kappa shape index (κ1) is 26.0. The van der Waals surface area contributed by atoms with Crippen LogP contribution in [-0.4, -0.2) is 64.9 Å². The summed E-state index contributed by atoms with van der Waals surface area (Å²) in [5.41, 5.74) is 0.465. The molecule has 8 heteroatoms. The molecule has 1 aromatic rings. The first-order chi connectivity index (χ1) is 15.9. The number of nitrogens with zero attached hydrogens (tertiary/aromatic N) is 1. The van der Waals surface area contributed by atoms with Crippen LogP contribution in [0.2, 0.25) is 0 Å². The number of hydrogen-bond donors (Lipinski definition) is 3. The summed E-state index contributed by atoms with van der Waals surface area (Å²) in [7, 11) is 0. The van der Waals surface area contributed by atoms with Gasteiger partial charge in [0.1, 0.15) is 18.0 Å². The molecule has 0 aromatic heterocycles. The number of rotatable bonds is 9. The molecule has 1 aromatic carbocycles. The Hall–Kier alpha value is -1.65. The van der Waals surface area contributed by atoms with Gasteiger partial charge in [0.05, 0.1) is 16.2 Å². The van der Waals surface area contributed by atoms with Crippen LogP contribution < -0.4 is 10.1 Å². The Morgan fingerprint density at radius 1 is 1.21 bits per heavy atom. The van der Waals surface area contributed by atoms with Crippen molar-refractivity contribution in [2.75, 3.05) is 19.7 Å². The van der Waals surface area contributed by atoms with Crippen LogP contribution in [0.3, 0.4) is 0 Å². The minimum atomic E-state index is -0.963. The highest BCUT2D eigenvalue weighted by Gasteiger charge is 2.41. The number of hydrogen-bond acceptors (Lipinski definition) is 5. The Labute approximate surface area is 209 Å². The van der Waals surface area contributed by atoms with Crippen molar-refractivity contribution in [3.05, 3.63) is 39.5 Å². The summed E-state index contributed by atoms with van der Waals surface area (Å²) in [5, 5.41) is 23.2. The number of carbonyl (C=O) groups excluding carboxylic acids is 2. The Morgan fingerprint density at radius 2 is 1.94 bits per heavy atom. The molecule has 0 unspecified atom stereocenters. The first-order valence-corrected chi connectivity index (χ1v) is 13.0. The number of carbonyl (C=O) groups is 2. The molecular formula is C25H35IN2O5. The lowest BCUT2D eigenvalue weighted by Crippen LogP contribution is -2.56. The number of para-hydroxylation sites is 1. The molecule has 7 nitrogen and oxygen atoms in total. The lowest BCUT2D eigenvalue weighted by Gasteiger charge is -2.42. The van der Waals surface area contributed by atoms with E-state index in [1.165, 1.54) is 19.3 Å². The zero-order chi connectivity index (χ0) is 23.8. The third-order valence-electron chi connectivity index (χ3n) is 6.52. The van der Waals surface area contributed by atoms with Gasteiger partial charge in [-0.05, 0) is 59.6 Å². The maximum Gasteiger partial charge on any atom is 0.247 e. The van der Waals surface area contributed by atoms with Gasteiger partial charge >= 0.3 is 0 Å². The number of aliphatic hydroxyl groups is 2. The molecule has 1 saturated carbocycles. The molecule has 0 bridgehead atoms. The second-order valence-corrected chi connectivity index (χ2v) is 10.0. The van der Waals surface area contributed by atoms with E-state index in [9.17, 15) is 14.7 Å². The third kappa shape index (κ3) is 6.93. The number of nitrogens with one attached hydrogen (secondary N) is 1. The predicted molar refractivity (Wildman–Crippen MR) is 135 cm³/mol. The molecule has 3 rings (SSSR count). The molecule has 0 spiro atoms. The molecular weight excluding hydrogens is 535 g/mol. The number of benzene rings is 1. The standard InChI is InChI=1S/C25H35IN2O5/c1-2-23(30)28(16-17-8-4-3-5-9-17)20-14-18(25(32)27-12-13-29)15-22(24(20)31)33-21-11-7-6-10-19(21)26/h6-7,10-11,15,17,20,22,24,29,31H,2-5,8-9,12-14,16H2,1H3,(H,27,32)/t20-,22+,24+/m1/s1. The molecule has 3 atom stereocenters. The van der Waals surface area contributed by atoms with Gasteiger partial charge in [-0.1, -0.05) is 38.3 Å².